The zero-order valence-corrected chi connectivity index (χ0v) is 11.1. The lowest BCUT2D eigenvalue weighted by Crippen LogP contribution is -2.23. The first kappa shape index (κ1) is 14.2. The third-order valence-corrected chi connectivity index (χ3v) is 2.73. The lowest BCUT2D eigenvalue weighted by atomic mass is 10.1. The molecule has 0 aromatic heterocycles. The van der Waals surface area contributed by atoms with Crippen LogP contribution in [0.1, 0.15) is 25.8 Å². The maximum Gasteiger partial charge on any atom is 0.124 e. The minimum atomic E-state index is -0.288. The van der Waals surface area contributed by atoms with Crippen molar-refractivity contribution >= 4 is 11.6 Å². The van der Waals surface area contributed by atoms with Gasteiger partial charge in [0.2, 0.25) is 0 Å². The van der Waals surface area contributed by atoms with Crippen molar-refractivity contribution in [3.63, 3.8) is 0 Å². The van der Waals surface area contributed by atoms with Crippen LogP contribution in [0.4, 0.5) is 4.39 Å². The van der Waals surface area contributed by atoms with Gasteiger partial charge < -0.3 is 5.32 Å². The second kappa shape index (κ2) is 7.46. The van der Waals surface area contributed by atoms with Gasteiger partial charge in [0.05, 0.1) is 0 Å². The molecule has 1 rings (SSSR count). The van der Waals surface area contributed by atoms with Crippen LogP contribution in [0.15, 0.2) is 30.4 Å². The first-order valence-corrected chi connectivity index (χ1v) is 6.29. The summed E-state index contributed by atoms with van der Waals surface area (Å²) in [5, 5.41) is 3.83. The number of hydrogen-bond donors (Lipinski definition) is 1. The van der Waals surface area contributed by atoms with Crippen molar-refractivity contribution in [3.05, 3.63) is 46.8 Å². The molecule has 0 atom stereocenters. The number of benzene rings is 1. The third-order valence-electron chi connectivity index (χ3n) is 2.38. The number of halogens is 2. The van der Waals surface area contributed by atoms with Crippen molar-refractivity contribution in [1.82, 2.24) is 5.32 Å². The van der Waals surface area contributed by atoms with Gasteiger partial charge >= 0.3 is 0 Å². The molecular weight excluding hydrogens is 237 g/mol. The molecule has 0 fully saturated rings. The number of nitrogens with one attached hydrogen (secondary N) is 1. The summed E-state index contributed by atoms with van der Waals surface area (Å²) in [6.45, 7) is 5.23. The largest absolute Gasteiger partial charge is 0.314 e. The Labute approximate surface area is 108 Å². The van der Waals surface area contributed by atoms with Crippen LogP contribution >= 0.6 is 11.6 Å². The molecule has 0 aliphatic rings. The SMILES string of the molecule is CC(C)NCCC=CCc1ccc(F)cc1Cl. The predicted molar refractivity (Wildman–Crippen MR) is 72.0 cm³/mol. The molecule has 0 unspecified atom stereocenters. The van der Waals surface area contributed by atoms with Gasteiger partial charge in [0.25, 0.3) is 0 Å². The molecule has 94 valence electrons. The molecule has 1 aromatic rings. The second-order valence-electron chi connectivity index (χ2n) is 4.31. The number of allylic oxidation sites excluding steroid dienone is 1. The van der Waals surface area contributed by atoms with Crippen LogP contribution < -0.4 is 5.32 Å². The van der Waals surface area contributed by atoms with Gasteiger partial charge in [-0.25, -0.2) is 4.39 Å². The average molecular weight is 256 g/mol. The molecule has 1 nitrogen and oxygen atoms in total. The van der Waals surface area contributed by atoms with E-state index in [1.54, 1.807) is 6.07 Å². The third kappa shape index (κ3) is 5.85. The highest BCUT2D eigenvalue weighted by molar-refractivity contribution is 6.31. The van der Waals surface area contributed by atoms with Crippen LogP contribution in [0, 0.1) is 5.82 Å². The summed E-state index contributed by atoms with van der Waals surface area (Å²) in [7, 11) is 0. The van der Waals surface area contributed by atoms with E-state index in [0.717, 1.165) is 24.9 Å². The van der Waals surface area contributed by atoms with Gasteiger partial charge in [-0.05, 0) is 37.1 Å². The molecule has 0 aliphatic heterocycles. The first-order valence-electron chi connectivity index (χ1n) is 5.92. The number of rotatable bonds is 6. The van der Waals surface area contributed by atoms with E-state index in [2.05, 4.69) is 31.3 Å². The van der Waals surface area contributed by atoms with Gasteiger partial charge in [0.15, 0.2) is 0 Å². The van der Waals surface area contributed by atoms with E-state index in [1.807, 2.05) is 0 Å². The van der Waals surface area contributed by atoms with E-state index < -0.39 is 0 Å². The van der Waals surface area contributed by atoms with Crippen LogP contribution in [0.2, 0.25) is 5.02 Å². The summed E-state index contributed by atoms with van der Waals surface area (Å²) in [6.07, 6.45) is 5.94. The molecule has 0 spiro atoms. The Hall–Kier alpha value is -0.860. The molecule has 0 saturated carbocycles. The average Bonchev–Trinajstić information content (AvgIpc) is 2.25. The standard InChI is InChI=1S/C14H19ClFN/c1-11(2)17-9-5-3-4-6-12-7-8-13(16)10-14(12)15/h3-4,7-8,10-11,17H,5-6,9H2,1-2H3. The van der Waals surface area contributed by atoms with E-state index in [1.165, 1.54) is 12.1 Å². The topological polar surface area (TPSA) is 12.0 Å². The van der Waals surface area contributed by atoms with Gasteiger partial charge in [-0.2, -0.15) is 0 Å². The van der Waals surface area contributed by atoms with Crippen LogP contribution in [0.25, 0.3) is 0 Å². The molecule has 0 amide bonds. The summed E-state index contributed by atoms with van der Waals surface area (Å²) in [4.78, 5) is 0. The van der Waals surface area contributed by atoms with Gasteiger partial charge in [0, 0.05) is 11.1 Å². The highest BCUT2D eigenvalue weighted by atomic mass is 35.5. The summed E-state index contributed by atoms with van der Waals surface area (Å²) in [5.74, 6) is -0.288. The molecule has 1 N–H and O–H groups in total. The molecule has 0 radical (unpaired) electrons. The molecule has 0 saturated heterocycles. The predicted octanol–water partition coefficient (Wildman–Crippen LogP) is 3.97. The van der Waals surface area contributed by atoms with E-state index in [9.17, 15) is 4.39 Å². The monoisotopic (exact) mass is 255 g/mol. The normalized spacial score (nSPS) is 11.6. The molecule has 17 heavy (non-hydrogen) atoms. The Balaban J connectivity index is 2.32. The van der Waals surface area contributed by atoms with E-state index in [4.69, 9.17) is 11.6 Å². The fourth-order valence-electron chi connectivity index (χ4n) is 1.47. The van der Waals surface area contributed by atoms with Crippen molar-refractivity contribution < 1.29 is 4.39 Å². The highest BCUT2D eigenvalue weighted by Gasteiger charge is 1.99. The van der Waals surface area contributed by atoms with Crippen molar-refractivity contribution in [2.24, 2.45) is 0 Å². The smallest absolute Gasteiger partial charge is 0.124 e. The lowest BCUT2D eigenvalue weighted by molar-refractivity contribution is 0.594. The molecule has 3 heteroatoms. The minimum absolute atomic E-state index is 0.288. The Morgan fingerprint density at radius 2 is 2.12 bits per heavy atom. The Morgan fingerprint density at radius 1 is 1.35 bits per heavy atom. The van der Waals surface area contributed by atoms with E-state index >= 15 is 0 Å². The molecule has 0 aliphatic carbocycles. The van der Waals surface area contributed by atoms with Gasteiger partial charge in [-0.1, -0.05) is 43.7 Å². The molecular formula is C14H19ClFN. The van der Waals surface area contributed by atoms with E-state index in [0.29, 0.717) is 11.1 Å². The summed E-state index contributed by atoms with van der Waals surface area (Å²) in [6, 6.07) is 5.05. The zero-order chi connectivity index (χ0) is 12.7. The van der Waals surface area contributed by atoms with Crippen molar-refractivity contribution in [2.75, 3.05) is 6.54 Å². The minimum Gasteiger partial charge on any atom is -0.314 e. The van der Waals surface area contributed by atoms with E-state index in [-0.39, 0.29) is 5.82 Å². The second-order valence-corrected chi connectivity index (χ2v) is 4.72. The van der Waals surface area contributed by atoms with Gasteiger partial charge in [-0.3, -0.25) is 0 Å². The maximum atomic E-state index is 12.8. The number of hydrogen-bond acceptors (Lipinski definition) is 1. The summed E-state index contributed by atoms with van der Waals surface area (Å²) < 4.78 is 12.8. The van der Waals surface area contributed by atoms with Crippen LogP contribution in [0.5, 0.6) is 0 Å². The summed E-state index contributed by atoms with van der Waals surface area (Å²) in [5.41, 5.74) is 0.959. The van der Waals surface area contributed by atoms with Crippen LogP contribution in [-0.2, 0) is 6.42 Å². The molecule has 1 aromatic carbocycles. The Morgan fingerprint density at radius 3 is 2.76 bits per heavy atom. The Bertz CT molecular complexity index is 374. The molecule has 0 heterocycles. The Kier molecular flexibility index (Phi) is 6.23. The van der Waals surface area contributed by atoms with Crippen molar-refractivity contribution in [1.29, 1.82) is 0 Å². The van der Waals surface area contributed by atoms with Crippen molar-refractivity contribution in [2.45, 2.75) is 32.7 Å². The fourth-order valence-corrected chi connectivity index (χ4v) is 1.72. The molecule has 0 bridgehead atoms. The zero-order valence-electron chi connectivity index (χ0n) is 10.3. The summed E-state index contributed by atoms with van der Waals surface area (Å²) >= 11 is 5.92. The maximum absolute atomic E-state index is 12.8. The van der Waals surface area contributed by atoms with Crippen LogP contribution in [0.3, 0.4) is 0 Å². The highest BCUT2D eigenvalue weighted by Crippen LogP contribution is 2.17. The van der Waals surface area contributed by atoms with Gasteiger partial charge in [0.1, 0.15) is 5.82 Å². The first-order chi connectivity index (χ1) is 8.09. The quantitative estimate of drug-likeness (QED) is 0.599. The van der Waals surface area contributed by atoms with Gasteiger partial charge in [-0.15, -0.1) is 0 Å². The lowest BCUT2D eigenvalue weighted by Gasteiger charge is -2.05. The fraction of sp³-hybridized carbons (Fsp3) is 0.429. The van der Waals surface area contributed by atoms with Crippen molar-refractivity contribution in [3.8, 4) is 0 Å². The van der Waals surface area contributed by atoms with Crippen LogP contribution in [-0.4, -0.2) is 12.6 Å².